The highest BCUT2D eigenvalue weighted by molar-refractivity contribution is 6.03. The molecule has 0 fully saturated rings. The van der Waals surface area contributed by atoms with Crippen LogP contribution in [-0.4, -0.2) is 23.1 Å². The molecule has 0 unspecified atom stereocenters. The summed E-state index contributed by atoms with van der Waals surface area (Å²) in [5.74, 6) is 0.949. The number of nitrogens with zero attached hydrogens (tertiary/aromatic N) is 1. The van der Waals surface area contributed by atoms with Crippen molar-refractivity contribution in [2.24, 2.45) is 5.16 Å². The first kappa shape index (κ1) is 24.8. The minimum absolute atomic E-state index is 0.146. The van der Waals surface area contributed by atoms with Crippen molar-refractivity contribution in [3.63, 3.8) is 0 Å². The Morgan fingerprint density at radius 1 is 0.774 bits per heavy atom. The summed E-state index contributed by atoms with van der Waals surface area (Å²) < 4.78 is 5.22. The number of hydrogen-bond acceptors (Lipinski definition) is 4. The van der Waals surface area contributed by atoms with Crippen molar-refractivity contribution in [1.29, 1.82) is 0 Å². The van der Waals surface area contributed by atoms with Crippen LogP contribution in [-0.2, 0) is 0 Å². The van der Waals surface area contributed by atoms with E-state index in [0.717, 1.165) is 29.7 Å². The largest absolute Gasteiger partial charge is 0.507 e. The Morgan fingerprint density at radius 3 is 1.87 bits per heavy atom. The number of unbranched alkanes of at least 4 members (excludes halogenated alkanes) is 10. The summed E-state index contributed by atoms with van der Waals surface area (Å²) in [4.78, 5) is 0. The maximum Gasteiger partial charge on any atom is 0.124 e. The minimum atomic E-state index is 0.146. The maximum absolute atomic E-state index is 10.3. The molecule has 0 heterocycles. The summed E-state index contributed by atoms with van der Waals surface area (Å²) in [6.07, 6.45) is 14.7. The molecule has 0 radical (unpaired) electrons. The standard InChI is InChI=1S/C27H39NO3/c1-3-4-5-6-7-8-9-10-11-12-13-14-26(28-30)25-21-23(17-20-27(25)29)22-15-18-24(31-2)19-16-22/h15-21,29-30H,3-14H2,1-2H3/b28-26+. The van der Waals surface area contributed by atoms with Gasteiger partial charge >= 0.3 is 0 Å². The van der Waals surface area contributed by atoms with E-state index in [0.29, 0.717) is 17.7 Å². The van der Waals surface area contributed by atoms with E-state index in [1.165, 1.54) is 57.8 Å². The Balaban J connectivity index is 1.79. The van der Waals surface area contributed by atoms with Crippen LogP contribution in [0.3, 0.4) is 0 Å². The van der Waals surface area contributed by atoms with Crippen molar-refractivity contribution in [2.45, 2.75) is 84.0 Å². The third-order valence-electron chi connectivity index (χ3n) is 5.87. The molecule has 0 amide bonds. The average molecular weight is 426 g/mol. The summed E-state index contributed by atoms with van der Waals surface area (Å²) in [7, 11) is 1.65. The quantitative estimate of drug-likeness (QED) is 0.132. The van der Waals surface area contributed by atoms with Crippen molar-refractivity contribution in [3.8, 4) is 22.6 Å². The molecule has 0 aliphatic carbocycles. The first-order valence-corrected chi connectivity index (χ1v) is 11.9. The van der Waals surface area contributed by atoms with Gasteiger partial charge in [-0.25, -0.2) is 0 Å². The van der Waals surface area contributed by atoms with Gasteiger partial charge in [0, 0.05) is 5.56 Å². The van der Waals surface area contributed by atoms with Gasteiger partial charge in [-0.05, 0) is 48.2 Å². The molecule has 2 rings (SSSR count). The van der Waals surface area contributed by atoms with Crippen molar-refractivity contribution in [2.75, 3.05) is 7.11 Å². The van der Waals surface area contributed by atoms with Gasteiger partial charge in [0.2, 0.25) is 0 Å². The number of hydrogen-bond donors (Lipinski definition) is 2. The molecule has 2 aromatic rings. The van der Waals surface area contributed by atoms with Gasteiger partial charge in [0.1, 0.15) is 11.5 Å². The first-order valence-electron chi connectivity index (χ1n) is 11.9. The van der Waals surface area contributed by atoms with Crippen LogP contribution in [0.25, 0.3) is 11.1 Å². The monoisotopic (exact) mass is 425 g/mol. The highest BCUT2D eigenvalue weighted by Gasteiger charge is 2.12. The molecule has 0 aliphatic heterocycles. The van der Waals surface area contributed by atoms with E-state index >= 15 is 0 Å². The van der Waals surface area contributed by atoms with Crippen LogP contribution in [0.5, 0.6) is 11.5 Å². The maximum atomic E-state index is 10.3. The number of oxime groups is 1. The molecule has 0 atom stereocenters. The minimum Gasteiger partial charge on any atom is -0.507 e. The van der Waals surface area contributed by atoms with Crippen LogP contribution in [0.2, 0.25) is 0 Å². The van der Waals surface area contributed by atoms with Gasteiger partial charge in [0.15, 0.2) is 0 Å². The van der Waals surface area contributed by atoms with Gasteiger partial charge in [-0.3, -0.25) is 0 Å². The summed E-state index contributed by atoms with van der Waals surface area (Å²) in [5, 5.41) is 23.4. The first-order chi connectivity index (χ1) is 15.2. The van der Waals surface area contributed by atoms with Crippen LogP contribution < -0.4 is 4.74 Å². The third-order valence-corrected chi connectivity index (χ3v) is 5.87. The van der Waals surface area contributed by atoms with E-state index in [1.54, 1.807) is 13.2 Å². The Hall–Kier alpha value is -2.49. The van der Waals surface area contributed by atoms with E-state index in [-0.39, 0.29) is 5.75 Å². The molecular formula is C27H39NO3. The Morgan fingerprint density at radius 2 is 1.32 bits per heavy atom. The third kappa shape index (κ3) is 8.64. The number of phenols is 1. The zero-order valence-corrected chi connectivity index (χ0v) is 19.3. The highest BCUT2D eigenvalue weighted by Crippen LogP contribution is 2.29. The SMILES string of the molecule is CCCCCCCCCCCCC/C(=N\O)c1cc(-c2ccc(OC)cc2)ccc1O. The van der Waals surface area contributed by atoms with Crippen LogP contribution in [0.15, 0.2) is 47.6 Å². The topological polar surface area (TPSA) is 62.1 Å². The van der Waals surface area contributed by atoms with Crippen molar-refractivity contribution in [1.82, 2.24) is 0 Å². The van der Waals surface area contributed by atoms with E-state index in [1.807, 2.05) is 36.4 Å². The second kappa shape index (κ2) is 14.5. The predicted molar refractivity (Wildman–Crippen MR) is 129 cm³/mol. The van der Waals surface area contributed by atoms with E-state index < -0.39 is 0 Å². The normalized spacial score (nSPS) is 11.6. The number of ether oxygens (including phenoxy) is 1. The van der Waals surface area contributed by atoms with Crippen molar-refractivity contribution in [3.05, 3.63) is 48.0 Å². The number of methoxy groups -OCH3 is 1. The lowest BCUT2D eigenvalue weighted by Gasteiger charge is -2.10. The second-order valence-corrected chi connectivity index (χ2v) is 8.29. The molecule has 0 bridgehead atoms. The molecule has 0 saturated carbocycles. The van der Waals surface area contributed by atoms with Crippen LogP contribution in [0, 0.1) is 0 Å². The number of rotatable bonds is 15. The zero-order valence-electron chi connectivity index (χ0n) is 19.3. The Kier molecular flexibility index (Phi) is 11.6. The van der Waals surface area contributed by atoms with Gasteiger partial charge in [-0.2, -0.15) is 0 Å². The zero-order chi connectivity index (χ0) is 22.3. The van der Waals surface area contributed by atoms with Gasteiger partial charge < -0.3 is 15.1 Å². The van der Waals surface area contributed by atoms with Crippen LogP contribution in [0.4, 0.5) is 0 Å². The fourth-order valence-corrected chi connectivity index (χ4v) is 3.93. The smallest absolute Gasteiger partial charge is 0.124 e. The van der Waals surface area contributed by atoms with E-state index in [2.05, 4.69) is 12.1 Å². The molecule has 170 valence electrons. The lowest BCUT2D eigenvalue weighted by atomic mass is 9.97. The van der Waals surface area contributed by atoms with Gasteiger partial charge in [0.05, 0.1) is 12.8 Å². The summed E-state index contributed by atoms with van der Waals surface area (Å²) >= 11 is 0. The molecule has 2 aromatic carbocycles. The molecule has 0 spiro atoms. The van der Waals surface area contributed by atoms with Gasteiger partial charge in [0.25, 0.3) is 0 Å². The number of aromatic hydroxyl groups is 1. The molecule has 0 saturated heterocycles. The fraction of sp³-hybridized carbons (Fsp3) is 0.519. The lowest BCUT2D eigenvalue weighted by molar-refractivity contribution is 0.317. The summed E-state index contributed by atoms with van der Waals surface area (Å²) in [5.41, 5.74) is 3.14. The predicted octanol–water partition coefficient (Wildman–Crippen LogP) is 7.95. The fourth-order valence-electron chi connectivity index (χ4n) is 3.93. The van der Waals surface area contributed by atoms with E-state index in [4.69, 9.17) is 4.74 Å². The number of benzene rings is 2. The average Bonchev–Trinajstić information content (AvgIpc) is 2.81. The molecule has 4 nitrogen and oxygen atoms in total. The van der Waals surface area contributed by atoms with E-state index in [9.17, 15) is 10.3 Å². The molecule has 31 heavy (non-hydrogen) atoms. The molecule has 0 aromatic heterocycles. The Bertz CT molecular complexity index is 784. The molecular weight excluding hydrogens is 386 g/mol. The Labute approximate surface area is 188 Å². The summed E-state index contributed by atoms with van der Waals surface area (Å²) in [6.45, 7) is 2.26. The lowest BCUT2D eigenvalue weighted by Crippen LogP contribution is -2.02. The molecule has 2 N–H and O–H groups in total. The highest BCUT2D eigenvalue weighted by atomic mass is 16.5. The van der Waals surface area contributed by atoms with Crippen molar-refractivity contribution >= 4 is 5.71 Å². The molecule has 0 aliphatic rings. The number of phenolic OH excluding ortho intramolecular Hbond substituents is 1. The summed E-state index contributed by atoms with van der Waals surface area (Å²) in [6, 6.07) is 13.2. The van der Waals surface area contributed by atoms with Gasteiger partial charge in [-0.1, -0.05) is 94.5 Å². The van der Waals surface area contributed by atoms with Crippen molar-refractivity contribution < 1.29 is 15.1 Å². The van der Waals surface area contributed by atoms with Crippen LogP contribution >= 0.6 is 0 Å². The van der Waals surface area contributed by atoms with Crippen LogP contribution in [0.1, 0.15) is 89.5 Å². The molecule has 4 heteroatoms. The second-order valence-electron chi connectivity index (χ2n) is 8.29. The van der Waals surface area contributed by atoms with Gasteiger partial charge in [-0.15, -0.1) is 0 Å².